The molecule has 0 N–H and O–H groups in total. The zero-order valence-corrected chi connectivity index (χ0v) is 7.38. The standard InChI is InChI=1S/C9H10O2S/c10-9(11)5-7-2-1-3-8(4-7)6-12/h1-4,12H,5-6H2,(H,10,11)/p-1. The van der Waals surface area contributed by atoms with Crippen LogP contribution in [-0.4, -0.2) is 5.97 Å². The summed E-state index contributed by atoms with van der Waals surface area (Å²) in [6.45, 7) is 0. The van der Waals surface area contributed by atoms with Gasteiger partial charge in [-0.15, -0.1) is 0 Å². The molecule has 0 saturated heterocycles. The first-order valence-corrected chi connectivity index (χ1v) is 4.24. The van der Waals surface area contributed by atoms with Crippen molar-refractivity contribution < 1.29 is 9.90 Å². The number of rotatable bonds is 3. The van der Waals surface area contributed by atoms with E-state index in [1.54, 1.807) is 6.07 Å². The summed E-state index contributed by atoms with van der Waals surface area (Å²) in [7, 11) is 0. The van der Waals surface area contributed by atoms with Gasteiger partial charge in [0.25, 0.3) is 0 Å². The highest BCUT2D eigenvalue weighted by molar-refractivity contribution is 7.79. The smallest absolute Gasteiger partial charge is 0.0458 e. The van der Waals surface area contributed by atoms with Crippen LogP contribution < -0.4 is 5.11 Å². The van der Waals surface area contributed by atoms with E-state index in [-0.39, 0.29) is 6.42 Å². The van der Waals surface area contributed by atoms with Gasteiger partial charge in [-0.25, -0.2) is 0 Å². The van der Waals surface area contributed by atoms with Gasteiger partial charge in [-0.05, 0) is 11.1 Å². The number of thiol groups is 1. The molecule has 0 fully saturated rings. The van der Waals surface area contributed by atoms with Crippen molar-refractivity contribution in [3.63, 3.8) is 0 Å². The molecule has 1 aromatic carbocycles. The Bertz CT molecular complexity index is 284. The van der Waals surface area contributed by atoms with E-state index in [0.29, 0.717) is 5.75 Å². The Kier molecular flexibility index (Phi) is 3.17. The second-order valence-corrected chi connectivity index (χ2v) is 2.84. The van der Waals surface area contributed by atoms with Crippen LogP contribution in [0.2, 0.25) is 0 Å². The van der Waals surface area contributed by atoms with Crippen LogP contribution in [0.5, 0.6) is 0 Å². The molecular weight excluding hydrogens is 172 g/mol. The average molecular weight is 181 g/mol. The third-order valence-electron chi connectivity index (χ3n) is 1.52. The van der Waals surface area contributed by atoms with E-state index in [9.17, 15) is 9.90 Å². The number of aliphatic carboxylic acids is 1. The summed E-state index contributed by atoms with van der Waals surface area (Å²) in [6.07, 6.45) is -0.0262. The van der Waals surface area contributed by atoms with Gasteiger partial charge in [-0.2, -0.15) is 12.6 Å². The first kappa shape index (κ1) is 9.13. The lowest BCUT2D eigenvalue weighted by Crippen LogP contribution is -2.24. The summed E-state index contributed by atoms with van der Waals surface area (Å²) in [6, 6.07) is 7.32. The molecule has 0 aromatic heterocycles. The van der Waals surface area contributed by atoms with Crippen LogP contribution in [0.4, 0.5) is 0 Å². The number of carbonyl (C=O) groups is 1. The SMILES string of the molecule is O=C([O-])Cc1cccc(CS)c1. The van der Waals surface area contributed by atoms with Gasteiger partial charge in [0.15, 0.2) is 0 Å². The molecule has 0 aliphatic carbocycles. The van der Waals surface area contributed by atoms with E-state index in [0.717, 1.165) is 11.1 Å². The van der Waals surface area contributed by atoms with Crippen LogP contribution in [0.25, 0.3) is 0 Å². The number of carboxylic acid groups (broad SMARTS) is 1. The predicted octanol–water partition coefficient (Wildman–Crippen LogP) is 0.409. The molecule has 3 heteroatoms. The summed E-state index contributed by atoms with van der Waals surface area (Å²) in [5, 5.41) is 10.2. The topological polar surface area (TPSA) is 40.1 Å². The largest absolute Gasteiger partial charge is 0.550 e. The van der Waals surface area contributed by atoms with Crippen LogP contribution in [0.3, 0.4) is 0 Å². The Morgan fingerprint density at radius 2 is 2.08 bits per heavy atom. The molecule has 0 atom stereocenters. The summed E-state index contributed by atoms with van der Waals surface area (Å²) < 4.78 is 0. The third-order valence-corrected chi connectivity index (χ3v) is 1.89. The lowest BCUT2D eigenvalue weighted by molar-refractivity contribution is -0.304. The molecule has 1 rings (SSSR count). The molecule has 0 unspecified atom stereocenters. The van der Waals surface area contributed by atoms with E-state index < -0.39 is 5.97 Å². The Balaban J connectivity index is 2.79. The van der Waals surface area contributed by atoms with Crippen molar-refractivity contribution in [2.75, 3.05) is 0 Å². The highest BCUT2D eigenvalue weighted by Gasteiger charge is 1.94. The Morgan fingerprint density at radius 1 is 1.42 bits per heavy atom. The molecule has 64 valence electrons. The Labute approximate surface area is 76.6 Å². The maximum atomic E-state index is 10.2. The maximum Gasteiger partial charge on any atom is 0.0458 e. The van der Waals surface area contributed by atoms with Gasteiger partial charge < -0.3 is 9.90 Å². The lowest BCUT2D eigenvalue weighted by Gasteiger charge is -2.03. The first-order chi connectivity index (χ1) is 5.72. The molecule has 0 saturated carbocycles. The van der Waals surface area contributed by atoms with Gasteiger partial charge in [0.2, 0.25) is 0 Å². The van der Waals surface area contributed by atoms with Crippen LogP contribution in [-0.2, 0) is 17.0 Å². The van der Waals surface area contributed by atoms with Crippen molar-refractivity contribution in [1.82, 2.24) is 0 Å². The highest BCUT2D eigenvalue weighted by atomic mass is 32.1. The molecule has 0 amide bonds. The summed E-state index contributed by atoms with van der Waals surface area (Å²) in [4.78, 5) is 10.2. The normalized spacial score (nSPS) is 9.75. The van der Waals surface area contributed by atoms with E-state index >= 15 is 0 Å². The molecule has 0 aliphatic rings. The monoisotopic (exact) mass is 181 g/mol. The molecule has 0 spiro atoms. The van der Waals surface area contributed by atoms with Crippen LogP contribution in [0.15, 0.2) is 24.3 Å². The maximum absolute atomic E-state index is 10.2. The van der Waals surface area contributed by atoms with Crippen LogP contribution in [0.1, 0.15) is 11.1 Å². The Morgan fingerprint density at radius 3 is 2.67 bits per heavy atom. The second-order valence-electron chi connectivity index (χ2n) is 2.53. The summed E-state index contributed by atoms with van der Waals surface area (Å²) in [5.74, 6) is -0.424. The van der Waals surface area contributed by atoms with Gasteiger partial charge >= 0.3 is 0 Å². The summed E-state index contributed by atoms with van der Waals surface area (Å²) in [5.41, 5.74) is 1.79. The Hall–Kier alpha value is -0.960. The minimum Gasteiger partial charge on any atom is -0.550 e. The molecule has 12 heavy (non-hydrogen) atoms. The molecule has 0 aliphatic heterocycles. The number of carboxylic acids is 1. The van der Waals surface area contributed by atoms with Gasteiger partial charge in [0.05, 0.1) is 0 Å². The van der Waals surface area contributed by atoms with Crippen molar-refractivity contribution in [2.45, 2.75) is 12.2 Å². The van der Waals surface area contributed by atoms with Crippen LogP contribution in [0, 0.1) is 0 Å². The fourth-order valence-corrected chi connectivity index (χ4v) is 1.20. The summed E-state index contributed by atoms with van der Waals surface area (Å²) >= 11 is 4.08. The third kappa shape index (κ3) is 2.58. The zero-order chi connectivity index (χ0) is 8.97. The molecular formula is C9H9O2S-. The van der Waals surface area contributed by atoms with Crippen molar-refractivity contribution in [2.24, 2.45) is 0 Å². The molecule has 0 bridgehead atoms. The van der Waals surface area contributed by atoms with E-state index in [1.165, 1.54) is 0 Å². The van der Waals surface area contributed by atoms with Crippen molar-refractivity contribution in [3.05, 3.63) is 35.4 Å². The zero-order valence-electron chi connectivity index (χ0n) is 6.49. The number of benzene rings is 1. The van der Waals surface area contributed by atoms with Gasteiger partial charge in [-0.3, -0.25) is 0 Å². The second kappa shape index (κ2) is 4.16. The minimum atomic E-state index is -1.05. The molecule has 1 aromatic rings. The van der Waals surface area contributed by atoms with Gasteiger partial charge in [-0.1, -0.05) is 24.3 Å². The van der Waals surface area contributed by atoms with Gasteiger partial charge in [0.1, 0.15) is 0 Å². The fourth-order valence-electron chi connectivity index (χ4n) is 1.00. The van der Waals surface area contributed by atoms with Crippen molar-refractivity contribution in [3.8, 4) is 0 Å². The van der Waals surface area contributed by atoms with Gasteiger partial charge in [0, 0.05) is 18.1 Å². The van der Waals surface area contributed by atoms with Crippen molar-refractivity contribution >= 4 is 18.6 Å². The highest BCUT2D eigenvalue weighted by Crippen LogP contribution is 2.07. The molecule has 2 nitrogen and oxygen atoms in total. The minimum absolute atomic E-state index is 0.0262. The van der Waals surface area contributed by atoms with E-state index in [1.807, 2.05) is 18.2 Å². The van der Waals surface area contributed by atoms with E-state index in [2.05, 4.69) is 12.6 Å². The number of carbonyl (C=O) groups excluding carboxylic acids is 1. The molecule has 0 heterocycles. The number of hydrogen-bond donors (Lipinski definition) is 1. The molecule has 0 radical (unpaired) electrons. The lowest BCUT2D eigenvalue weighted by atomic mass is 10.1. The fraction of sp³-hybridized carbons (Fsp3) is 0.222. The predicted molar refractivity (Wildman–Crippen MR) is 47.8 cm³/mol. The average Bonchev–Trinajstić information content (AvgIpc) is 2.03. The van der Waals surface area contributed by atoms with E-state index in [4.69, 9.17) is 0 Å². The number of hydrogen-bond acceptors (Lipinski definition) is 3. The van der Waals surface area contributed by atoms with Crippen LogP contribution >= 0.6 is 12.6 Å². The van der Waals surface area contributed by atoms with Crippen molar-refractivity contribution in [1.29, 1.82) is 0 Å². The first-order valence-electron chi connectivity index (χ1n) is 3.61. The quantitative estimate of drug-likeness (QED) is 0.686.